The summed E-state index contributed by atoms with van der Waals surface area (Å²) in [5.74, 6) is 0.190. The molecule has 1 N–H and O–H groups in total. The summed E-state index contributed by atoms with van der Waals surface area (Å²) in [6, 6.07) is 5.72. The van der Waals surface area contributed by atoms with E-state index in [0.29, 0.717) is 23.0 Å². The van der Waals surface area contributed by atoms with Crippen LogP contribution in [0.1, 0.15) is 57.1 Å². The Bertz CT molecular complexity index is 592. The first-order valence-corrected chi connectivity index (χ1v) is 9.23. The lowest BCUT2D eigenvalue weighted by atomic mass is 10.0. The van der Waals surface area contributed by atoms with Crippen LogP contribution in [0, 0.1) is 0 Å². The van der Waals surface area contributed by atoms with E-state index < -0.39 is 0 Å². The molecule has 0 spiro atoms. The van der Waals surface area contributed by atoms with Gasteiger partial charge in [-0.15, -0.1) is 0 Å². The van der Waals surface area contributed by atoms with Gasteiger partial charge in [0.1, 0.15) is 0 Å². The molecule has 1 aromatic rings. The number of halogens is 2. The zero-order valence-corrected chi connectivity index (χ0v) is 15.5. The molecule has 1 saturated heterocycles. The molecule has 6 heteroatoms. The molecular weight excluding hydrogens is 347 g/mol. The van der Waals surface area contributed by atoms with E-state index in [2.05, 4.69) is 5.32 Å². The summed E-state index contributed by atoms with van der Waals surface area (Å²) in [6.07, 6.45) is 5.23. The summed E-state index contributed by atoms with van der Waals surface area (Å²) in [5.41, 5.74) is 1.06. The van der Waals surface area contributed by atoms with Gasteiger partial charge in [-0.05, 0) is 43.4 Å². The number of benzene rings is 1. The number of unbranched alkanes of at least 4 members (excludes halogenated alkanes) is 2. The molecule has 0 aromatic heterocycles. The van der Waals surface area contributed by atoms with Gasteiger partial charge in [-0.25, -0.2) is 0 Å². The quantitative estimate of drug-likeness (QED) is 0.725. The lowest BCUT2D eigenvalue weighted by Crippen LogP contribution is -2.30. The summed E-state index contributed by atoms with van der Waals surface area (Å²) in [6.45, 7) is 2.99. The molecule has 132 valence electrons. The number of hydrogen-bond donors (Lipinski definition) is 1. The fourth-order valence-electron chi connectivity index (χ4n) is 3.12. The van der Waals surface area contributed by atoms with E-state index in [1.165, 1.54) is 6.92 Å². The Balaban J connectivity index is 1.82. The van der Waals surface area contributed by atoms with Crippen molar-refractivity contribution in [1.29, 1.82) is 0 Å². The van der Waals surface area contributed by atoms with Gasteiger partial charge in [0.2, 0.25) is 11.8 Å². The molecule has 0 saturated carbocycles. The third-order valence-corrected chi connectivity index (χ3v) is 5.08. The number of nitrogens with zero attached hydrogens (tertiary/aromatic N) is 1. The minimum absolute atomic E-state index is 0.00684. The Kier molecular flexibility index (Phi) is 7.38. The van der Waals surface area contributed by atoms with Gasteiger partial charge in [-0.3, -0.25) is 9.59 Å². The zero-order valence-electron chi connectivity index (χ0n) is 14.0. The predicted octanol–water partition coefficient (Wildman–Crippen LogP) is 4.35. The highest BCUT2D eigenvalue weighted by atomic mass is 35.5. The van der Waals surface area contributed by atoms with Crippen LogP contribution >= 0.6 is 23.2 Å². The number of carbonyl (C=O) groups is 2. The van der Waals surface area contributed by atoms with Crippen LogP contribution in [0.5, 0.6) is 0 Å². The standard InChI is InChI=1S/C18H24Cl2N2O2/c1-13(23)21-10-4-2-3-7-18(24)22-11-5-6-17(22)14-8-9-15(19)16(20)12-14/h8-9,12,17H,2-7,10-11H2,1H3,(H,21,23)/t17-/m1/s1. The van der Waals surface area contributed by atoms with Gasteiger partial charge < -0.3 is 10.2 Å². The van der Waals surface area contributed by atoms with Gasteiger partial charge in [0.25, 0.3) is 0 Å². The lowest BCUT2D eigenvalue weighted by molar-refractivity contribution is -0.132. The first-order valence-electron chi connectivity index (χ1n) is 8.48. The Hall–Kier alpha value is -1.26. The van der Waals surface area contributed by atoms with Crippen molar-refractivity contribution in [1.82, 2.24) is 10.2 Å². The molecule has 0 unspecified atom stereocenters. The molecule has 1 fully saturated rings. The van der Waals surface area contributed by atoms with Crippen LogP contribution in [0.15, 0.2) is 18.2 Å². The van der Waals surface area contributed by atoms with Gasteiger partial charge in [0, 0.05) is 26.4 Å². The Labute approximate surface area is 153 Å². The molecule has 1 heterocycles. The second-order valence-electron chi connectivity index (χ2n) is 6.21. The highest BCUT2D eigenvalue weighted by Gasteiger charge is 2.29. The van der Waals surface area contributed by atoms with E-state index in [9.17, 15) is 9.59 Å². The van der Waals surface area contributed by atoms with Crippen molar-refractivity contribution in [3.05, 3.63) is 33.8 Å². The third-order valence-electron chi connectivity index (χ3n) is 4.34. The number of hydrogen-bond acceptors (Lipinski definition) is 2. The highest BCUT2D eigenvalue weighted by molar-refractivity contribution is 6.42. The van der Waals surface area contributed by atoms with Crippen LogP contribution < -0.4 is 5.32 Å². The third kappa shape index (κ3) is 5.38. The van der Waals surface area contributed by atoms with Crippen molar-refractivity contribution < 1.29 is 9.59 Å². The molecule has 1 atom stereocenters. The topological polar surface area (TPSA) is 49.4 Å². The molecule has 0 aliphatic carbocycles. The lowest BCUT2D eigenvalue weighted by Gasteiger charge is -2.25. The zero-order chi connectivity index (χ0) is 17.5. The molecule has 0 radical (unpaired) electrons. The minimum Gasteiger partial charge on any atom is -0.356 e. The van der Waals surface area contributed by atoms with E-state index in [-0.39, 0.29) is 17.9 Å². The fraction of sp³-hybridized carbons (Fsp3) is 0.556. The van der Waals surface area contributed by atoms with Gasteiger partial charge in [0.15, 0.2) is 0 Å². The van der Waals surface area contributed by atoms with E-state index >= 15 is 0 Å². The first kappa shape index (κ1) is 19.1. The molecule has 1 aliphatic rings. The molecular formula is C18H24Cl2N2O2. The summed E-state index contributed by atoms with van der Waals surface area (Å²) in [5, 5.41) is 3.84. The van der Waals surface area contributed by atoms with Gasteiger partial charge >= 0.3 is 0 Å². The summed E-state index contributed by atoms with van der Waals surface area (Å²) in [4.78, 5) is 25.3. The molecule has 1 aliphatic heterocycles. The van der Waals surface area contributed by atoms with Crippen molar-refractivity contribution in [2.75, 3.05) is 13.1 Å². The van der Waals surface area contributed by atoms with E-state index in [0.717, 1.165) is 44.2 Å². The number of likely N-dealkylation sites (tertiary alicyclic amines) is 1. The predicted molar refractivity (Wildman–Crippen MR) is 97.3 cm³/mol. The van der Waals surface area contributed by atoms with Crippen LogP contribution in [0.25, 0.3) is 0 Å². The maximum Gasteiger partial charge on any atom is 0.223 e. The molecule has 2 rings (SSSR count). The van der Waals surface area contributed by atoms with Gasteiger partial charge in [0.05, 0.1) is 16.1 Å². The SMILES string of the molecule is CC(=O)NCCCCCC(=O)N1CCC[C@@H]1c1ccc(Cl)c(Cl)c1. The molecule has 0 bridgehead atoms. The van der Waals surface area contributed by atoms with Crippen LogP contribution in [0.2, 0.25) is 10.0 Å². The molecule has 24 heavy (non-hydrogen) atoms. The summed E-state index contributed by atoms with van der Waals surface area (Å²) >= 11 is 12.1. The number of nitrogens with one attached hydrogen (secondary N) is 1. The summed E-state index contributed by atoms with van der Waals surface area (Å²) < 4.78 is 0. The van der Waals surface area contributed by atoms with E-state index in [1.54, 1.807) is 6.07 Å². The highest BCUT2D eigenvalue weighted by Crippen LogP contribution is 2.35. The normalized spacial score (nSPS) is 17.1. The fourth-order valence-corrected chi connectivity index (χ4v) is 3.42. The summed E-state index contributed by atoms with van der Waals surface area (Å²) in [7, 11) is 0. The van der Waals surface area contributed by atoms with Crippen molar-refractivity contribution in [2.24, 2.45) is 0 Å². The van der Waals surface area contributed by atoms with Gasteiger partial charge in [-0.2, -0.15) is 0 Å². The van der Waals surface area contributed by atoms with Crippen LogP contribution in [0.3, 0.4) is 0 Å². The molecule has 1 aromatic carbocycles. The van der Waals surface area contributed by atoms with Crippen LogP contribution in [-0.4, -0.2) is 29.8 Å². The average molecular weight is 371 g/mol. The minimum atomic E-state index is -0.00684. The number of rotatable bonds is 7. The van der Waals surface area contributed by atoms with Gasteiger partial charge in [-0.1, -0.05) is 35.7 Å². The molecule has 4 nitrogen and oxygen atoms in total. The maximum atomic E-state index is 12.5. The van der Waals surface area contributed by atoms with Crippen molar-refractivity contribution >= 4 is 35.0 Å². The van der Waals surface area contributed by atoms with E-state index in [4.69, 9.17) is 23.2 Å². The number of amides is 2. The van der Waals surface area contributed by atoms with Crippen molar-refractivity contribution in [3.63, 3.8) is 0 Å². The van der Waals surface area contributed by atoms with Crippen LogP contribution in [0.4, 0.5) is 0 Å². The second-order valence-corrected chi connectivity index (χ2v) is 7.03. The van der Waals surface area contributed by atoms with E-state index in [1.807, 2.05) is 17.0 Å². The van der Waals surface area contributed by atoms with Crippen molar-refractivity contribution in [2.45, 2.75) is 51.5 Å². The average Bonchev–Trinajstić information content (AvgIpc) is 3.02. The smallest absolute Gasteiger partial charge is 0.223 e. The Morgan fingerprint density at radius 3 is 2.71 bits per heavy atom. The van der Waals surface area contributed by atoms with Crippen molar-refractivity contribution in [3.8, 4) is 0 Å². The van der Waals surface area contributed by atoms with Crippen LogP contribution in [-0.2, 0) is 9.59 Å². The second kappa shape index (κ2) is 9.28. The monoisotopic (exact) mass is 370 g/mol. The number of carbonyl (C=O) groups excluding carboxylic acids is 2. The first-order chi connectivity index (χ1) is 11.5. The maximum absolute atomic E-state index is 12.5. The Morgan fingerprint density at radius 2 is 2.00 bits per heavy atom. The molecule has 2 amide bonds. The largest absolute Gasteiger partial charge is 0.356 e. The Morgan fingerprint density at radius 1 is 1.21 bits per heavy atom.